The lowest BCUT2D eigenvalue weighted by Gasteiger charge is -2.20. The first-order chi connectivity index (χ1) is 7.00. The molecule has 1 aromatic rings. The molecule has 1 unspecified atom stereocenters. The van der Waals surface area contributed by atoms with Crippen LogP contribution in [0.1, 0.15) is 6.92 Å². The van der Waals surface area contributed by atoms with Crippen molar-refractivity contribution < 1.29 is 0 Å². The minimum Gasteiger partial charge on any atom is -0.367 e. The zero-order valence-corrected chi connectivity index (χ0v) is 11.4. The Kier molecular flexibility index (Phi) is 4.83. The van der Waals surface area contributed by atoms with E-state index in [9.17, 15) is 0 Å². The molecule has 5 heteroatoms. The number of likely N-dealkylation sites (N-methyl/N-ethyl adjacent to an activating group) is 1. The van der Waals surface area contributed by atoms with Gasteiger partial charge in [0.15, 0.2) is 0 Å². The predicted molar refractivity (Wildman–Crippen MR) is 68.6 cm³/mol. The molecule has 0 amide bonds. The highest BCUT2D eigenvalue weighted by Gasteiger charge is 2.06. The van der Waals surface area contributed by atoms with Crippen LogP contribution in [0.4, 0.5) is 5.82 Å². The van der Waals surface area contributed by atoms with Crippen LogP contribution in [0.3, 0.4) is 0 Å². The summed E-state index contributed by atoms with van der Waals surface area (Å²) in [5, 5.41) is 3.85. The molecule has 1 N–H and O–H groups in total. The Morgan fingerprint density at radius 3 is 2.80 bits per heavy atom. The molecule has 0 spiro atoms. The van der Waals surface area contributed by atoms with Crippen molar-refractivity contribution in [2.75, 3.05) is 26.0 Å². The highest BCUT2D eigenvalue weighted by molar-refractivity contribution is 9.10. The Morgan fingerprint density at radius 2 is 2.27 bits per heavy atom. The summed E-state index contributed by atoms with van der Waals surface area (Å²) in [5.41, 5.74) is 0. The average molecular weight is 293 g/mol. The van der Waals surface area contributed by atoms with Gasteiger partial charge in [0, 0.05) is 23.3 Å². The standard InChI is InChI=1S/C10H15BrClN3/c1-7(15(2)3)5-13-10-9(12)4-8(11)6-14-10/h4,6-7H,5H2,1-3H3,(H,13,14). The van der Waals surface area contributed by atoms with Crippen molar-refractivity contribution in [3.05, 3.63) is 21.8 Å². The normalized spacial score (nSPS) is 12.9. The number of rotatable bonds is 4. The molecule has 1 rings (SSSR count). The van der Waals surface area contributed by atoms with Crippen LogP contribution in [0.25, 0.3) is 0 Å². The number of nitrogens with one attached hydrogen (secondary N) is 1. The van der Waals surface area contributed by atoms with Crippen molar-refractivity contribution in [2.24, 2.45) is 0 Å². The summed E-state index contributed by atoms with van der Waals surface area (Å²) in [5.74, 6) is 0.730. The molecule has 84 valence electrons. The second-order valence-electron chi connectivity index (χ2n) is 3.68. The number of halogens is 2. The van der Waals surface area contributed by atoms with Gasteiger partial charge >= 0.3 is 0 Å². The third kappa shape index (κ3) is 3.97. The second-order valence-corrected chi connectivity index (χ2v) is 5.00. The third-order valence-corrected chi connectivity index (χ3v) is 2.98. The molecule has 15 heavy (non-hydrogen) atoms. The zero-order chi connectivity index (χ0) is 11.4. The van der Waals surface area contributed by atoms with Crippen LogP contribution < -0.4 is 5.32 Å². The summed E-state index contributed by atoms with van der Waals surface area (Å²) in [6.45, 7) is 2.96. The van der Waals surface area contributed by atoms with Gasteiger partial charge in [-0.1, -0.05) is 11.6 Å². The lowest BCUT2D eigenvalue weighted by atomic mass is 10.3. The van der Waals surface area contributed by atoms with Gasteiger partial charge in [0.1, 0.15) is 5.82 Å². The van der Waals surface area contributed by atoms with E-state index in [0.717, 1.165) is 16.8 Å². The van der Waals surface area contributed by atoms with Crippen molar-refractivity contribution in [1.29, 1.82) is 0 Å². The van der Waals surface area contributed by atoms with Gasteiger partial charge in [-0.2, -0.15) is 0 Å². The van der Waals surface area contributed by atoms with Gasteiger partial charge in [0.05, 0.1) is 5.02 Å². The van der Waals surface area contributed by atoms with Gasteiger partial charge in [-0.05, 0) is 43.0 Å². The highest BCUT2D eigenvalue weighted by atomic mass is 79.9. The molecule has 1 atom stereocenters. The molecule has 0 radical (unpaired) electrons. The van der Waals surface area contributed by atoms with Crippen LogP contribution in [-0.2, 0) is 0 Å². The van der Waals surface area contributed by atoms with Gasteiger partial charge in [0.25, 0.3) is 0 Å². The molecule has 0 fully saturated rings. The van der Waals surface area contributed by atoms with Gasteiger partial charge in [-0.3, -0.25) is 0 Å². The van der Waals surface area contributed by atoms with E-state index < -0.39 is 0 Å². The van der Waals surface area contributed by atoms with Gasteiger partial charge in [-0.15, -0.1) is 0 Å². The number of anilines is 1. The second kappa shape index (κ2) is 5.68. The molecular weight excluding hydrogens is 277 g/mol. The molecule has 0 bridgehead atoms. The number of hydrogen-bond donors (Lipinski definition) is 1. The Balaban J connectivity index is 2.58. The number of nitrogens with zero attached hydrogens (tertiary/aromatic N) is 2. The summed E-state index contributed by atoms with van der Waals surface area (Å²) in [6, 6.07) is 2.27. The van der Waals surface area contributed by atoms with Crippen LogP contribution in [0.15, 0.2) is 16.7 Å². The molecule has 1 aromatic heterocycles. The smallest absolute Gasteiger partial charge is 0.144 e. The lowest BCUT2D eigenvalue weighted by Crippen LogP contribution is -2.31. The van der Waals surface area contributed by atoms with Crippen molar-refractivity contribution in [3.63, 3.8) is 0 Å². The Bertz CT molecular complexity index is 330. The van der Waals surface area contributed by atoms with E-state index in [4.69, 9.17) is 11.6 Å². The van der Waals surface area contributed by atoms with Crippen LogP contribution in [0.5, 0.6) is 0 Å². The first-order valence-corrected chi connectivity index (χ1v) is 5.89. The fourth-order valence-corrected chi connectivity index (χ4v) is 1.67. The monoisotopic (exact) mass is 291 g/mol. The van der Waals surface area contributed by atoms with Crippen LogP contribution in [-0.4, -0.2) is 36.6 Å². The summed E-state index contributed by atoms with van der Waals surface area (Å²) in [6.07, 6.45) is 1.73. The Morgan fingerprint density at radius 1 is 1.60 bits per heavy atom. The average Bonchev–Trinajstić information content (AvgIpc) is 2.15. The molecule has 0 saturated carbocycles. The number of hydrogen-bond acceptors (Lipinski definition) is 3. The first kappa shape index (κ1) is 12.7. The Hall–Kier alpha value is -0.320. The van der Waals surface area contributed by atoms with E-state index in [1.165, 1.54) is 0 Å². The summed E-state index contributed by atoms with van der Waals surface area (Å²) >= 11 is 9.34. The lowest BCUT2D eigenvalue weighted by molar-refractivity contribution is 0.326. The van der Waals surface area contributed by atoms with E-state index in [1.54, 1.807) is 6.20 Å². The topological polar surface area (TPSA) is 28.2 Å². The predicted octanol–water partition coefficient (Wildman–Crippen LogP) is 2.86. The fourth-order valence-electron chi connectivity index (χ4n) is 0.972. The van der Waals surface area contributed by atoms with E-state index in [-0.39, 0.29) is 0 Å². The van der Waals surface area contributed by atoms with Crippen molar-refractivity contribution in [1.82, 2.24) is 9.88 Å². The van der Waals surface area contributed by atoms with Gasteiger partial charge in [-0.25, -0.2) is 4.98 Å². The zero-order valence-electron chi connectivity index (χ0n) is 9.09. The Labute approximate surface area is 104 Å². The van der Waals surface area contributed by atoms with Crippen LogP contribution >= 0.6 is 27.5 Å². The minimum atomic E-state index is 0.437. The van der Waals surface area contributed by atoms with Crippen LogP contribution in [0, 0.1) is 0 Å². The highest BCUT2D eigenvalue weighted by Crippen LogP contribution is 2.22. The van der Waals surface area contributed by atoms with E-state index in [2.05, 4.69) is 38.1 Å². The molecule has 0 aliphatic rings. The molecule has 1 heterocycles. The van der Waals surface area contributed by atoms with Crippen molar-refractivity contribution >= 4 is 33.3 Å². The van der Waals surface area contributed by atoms with E-state index in [1.807, 2.05) is 20.2 Å². The summed E-state index contributed by atoms with van der Waals surface area (Å²) in [4.78, 5) is 6.34. The van der Waals surface area contributed by atoms with E-state index >= 15 is 0 Å². The van der Waals surface area contributed by atoms with Crippen LogP contribution in [0.2, 0.25) is 5.02 Å². The third-order valence-electron chi connectivity index (χ3n) is 2.25. The molecule has 0 aliphatic heterocycles. The molecule has 0 aliphatic carbocycles. The maximum atomic E-state index is 6.02. The number of aromatic nitrogens is 1. The maximum Gasteiger partial charge on any atom is 0.144 e. The molecule has 3 nitrogen and oxygen atoms in total. The molecule has 0 saturated heterocycles. The quantitative estimate of drug-likeness (QED) is 0.925. The minimum absolute atomic E-state index is 0.437. The summed E-state index contributed by atoms with van der Waals surface area (Å²) < 4.78 is 0.888. The fraction of sp³-hybridized carbons (Fsp3) is 0.500. The van der Waals surface area contributed by atoms with Gasteiger partial charge < -0.3 is 10.2 Å². The SMILES string of the molecule is CC(CNc1ncc(Br)cc1Cl)N(C)C. The van der Waals surface area contributed by atoms with Crippen molar-refractivity contribution in [2.45, 2.75) is 13.0 Å². The molecule has 0 aromatic carbocycles. The van der Waals surface area contributed by atoms with Gasteiger partial charge in [0.2, 0.25) is 0 Å². The van der Waals surface area contributed by atoms with Crippen molar-refractivity contribution in [3.8, 4) is 0 Å². The largest absolute Gasteiger partial charge is 0.367 e. The first-order valence-electron chi connectivity index (χ1n) is 4.72. The maximum absolute atomic E-state index is 6.02. The summed E-state index contributed by atoms with van der Waals surface area (Å²) in [7, 11) is 4.09. The number of pyridine rings is 1. The molecular formula is C10H15BrClN3. The van der Waals surface area contributed by atoms with E-state index in [0.29, 0.717) is 11.1 Å².